The summed E-state index contributed by atoms with van der Waals surface area (Å²) in [7, 11) is 0. The van der Waals surface area contributed by atoms with Gasteiger partial charge in [0.25, 0.3) is 0 Å². The van der Waals surface area contributed by atoms with Crippen molar-refractivity contribution in [2.24, 2.45) is 0 Å². The van der Waals surface area contributed by atoms with Crippen molar-refractivity contribution in [3.63, 3.8) is 0 Å². The first kappa shape index (κ1) is 15.1. The molecular formula is C15H21N3OS2. The molecule has 1 aliphatic carbocycles. The smallest absolute Gasteiger partial charge is 0.191 e. The number of hydrogen-bond donors (Lipinski definition) is 1. The Hall–Kier alpha value is -0.850. The zero-order valence-corrected chi connectivity index (χ0v) is 13.9. The molecule has 114 valence electrons. The first-order chi connectivity index (χ1) is 10.2. The summed E-state index contributed by atoms with van der Waals surface area (Å²) in [6.45, 7) is 2.96. The SMILES string of the molecule is CCn1c(SCC2(O)CCCCC2)nnc1-c1cccs1. The van der Waals surface area contributed by atoms with Crippen molar-refractivity contribution in [2.45, 2.75) is 56.3 Å². The number of hydrogen-bond acceptors (Lipinski definition) is 5. The predicted molar refractivity (Wildman–Crippen MR) is 87.8 cm³/mol. The normalized spacial score (nSPS) is 18.0. The van der Waals surface area contributed by atoms with E-state index in [1.54, 1.807) is 23.1 Å². The van der Waals surface area contributed by atoms with Crippen LogP contribution in [0.25, 0.3) is 10.7 Å². The average Bonchev–Trinajstić information content (AvgIpc) is 3.14. The molecule has 0 amide bonds. The molecule has 4 nitrogen and oxygen atoms in total. The molecule has 21 heavy (non-hydrogen) atoms. The summed E-state index contributed by atoms with van der Waals surface area (Å²) in [6.07, 6.45) is 5.35. The van der Waals surface area contributed by atoms with Gasteiger partial charge in [0.05, 0.1) is 10.5 Å². The highest BCUT2D eigenvalue weighted by Gasteiger charge is 2.30. The van der Waals surface area contributed by atoms with Gasteiger partial charge in [0.15, 0.2) is 11.0 Å². The van der Waals surface area contributed by atoms with E-state index >= 15 is 0 Å². The van der Waals surface area contributed by atoms with E-state index in [1.165, 1.54) is 6.42 Å². The van der Waals surface area contributed by atoms with Crippen molar-refractivity contribution in [1.29, 1.82) is 0 Å². The first-order valence-electron chi connectivity index (χ1n) is 7.54. The van der Waals surface area contributed by atoms with E-state index in [-0.39, 0.29) is 0 Å². The van der Waals surface area contributed by atoms with E-state index in [9.17, 15) is 5.11 Å². The van der Waals surface area contributed by atoms with Crippen molar-refractivity contribution < 1.29 is 5.11 Å². The number of aromatic nitrogens is 3. The highest BCUT2D eigenvalue weighted by Crippen LogP contribution is 2.34. The molecule has 3 rings (SSSR count). The van der Waals surface area contributed by atoms with Crippen molar-refractivity contribution >= 4 is 23.1 Å². The topological polar surface area (TPSA) is 50.9 Å². The molecule has 2 heterocycles. The van der Waals surface area contributed by atoms with Crippen LogP contribution in [0.15, 0.2) is 22.7 Å². The van der Waals surface area contributed by atoms with Crippen LogP contribution in [0.1, 0.15) is 39.0 Å². The van der Waals surface area contributed by atoms with Gasteiger partial charge in [-0.3, -0.25) is 0 Å². The fourth-order valence-corrected chi connectivity index (χ4v) is 4.70. The van der Waals surface area contributed by atoms with Crippen LogP contribution in [0.4, 0.5) is 0 Å². The quantitative estimate of drug-likeness (QED) is 0.850. The van der Waals surface area contributed by atoms with Gasteiger partial charge in [-0.05, 0) is 31.2 Å². The summed E-state index contributed by atoms with van der Waals surface area (Å²) in [5.41, 5.74) is -0.517. The molecule has 2 aromatic rings. The van der Waals surface area contributed by atoms with Crippen LogP contribution in [0.5, 0.6) is 0 Å². The maximum atomic E-state index is 10.6. The van der Waals surface area contributed by atoms with Gasteiger partial charge in [0.1, 0.15) is 0 Å². The summed E-state index contributed by atoms with van der Waals surface area (Å²) in [6, 6.07) is 4.11. The number of aliphatic hydroxyl groups is 1. The minimum absolute atomic E-state index is 0.517. The van der Waals surface area contributed by atoms with E-state index in [2.05, 4.69) is 33.1 Å². The molecule has 0 atom stereocenters. The molecule has 1 fully saturated rings. The van der Waals surface area contributed by atoms with Gasteiger partial charge < -0.3 is 9.67 Å². The predicted octanol–water partition coefficient (Wildman–Crippen LogP) is 3.81. The van der Waals surface area contributed by atoms with Crippen molar-refractivity contribution in [3.8, 4) is 10.7 Å². The molecule has 1 aliphatic rings. The maximum Gasteiger partial charge on any atom is 0.191 e. The lowest BCUT2D eigenvalue weighted by Crippen LogP contribution is -2.34. The van der Waals surface area contributed by atoms with Crippen LogP contribution in [0.3, 0.4) is 0 Å². The van der Waals surface area contributed by atoms with Crippen LogP contribution in [0, 0.1) is 0 Å². The minimum Gasteiger partial charge on any atom is -0.389 e. The van der Waals surface area contributed by atoms with Gasteiger partial charge in [0.2, 0.25) is 0 Å². The summed E-state index contributed by atoms with van der Waals surface area (Å²) in [5.74, 6) is 1.65. The molecule has 0 bridgehead atoms. The molecule has 0 unspecified atom stereocenters. The molecule has 2 aromatic heterocycles. The van der Waals surface area contributed by atoms with Gasteiger partial charge in [0, 0.05) is 12.3 Å². The molecule has 0 spiro atoms. The van der Waals surface area contributed by atoms with E-state index in [4.69, 9.17) is 0 Å². The Balaban J connectivity index is 1.74. The minimum atomic E-state index is -0.517. The second-order valence-corrected chi connectivity index (χ2v) is 7.49. The lowest BCUT2D eigenvalue weighted by molar-refractivity contribution is 0.0272. The molecule has 0 aromatic carbocycles. The van der Waals surface area contributed by atoms with Gasteiger partial charge in [-0.15, -0.1) is 21.5 Å². The molecule has 0 radical (unpaired) electrons. The lowest BCUT2D eigenvalue weighted by atomic mass is 9.86. The number of nitrogens with zero attached hydrogens (tertiary/aromatic N) is 3. The highest BCUT2D eigenvalue weighted by molar-refractivity contribution is 7.99. The van der Waals surface area contributed by atoms with E-state index < -0.39 is 5.60 Å². The van der Waals surface area contributed by atoms with Crippen LogP contribution in [-0.4, -0.2) is 31.2 Å². The molecule has 6 heteroatoms. The van der Waals surface area contributed by atoms with E-state index in [0.717, 1.165) is 53.8 Å². The Morgan fingerprint density at radius 2 is 2.14 bits per heavy atom. The van der Waals surface area contributed by atoms with Gasteiger partial charge >= 0.3 is 0 Å². The van der Waals surface area contributed by atoms with Crippen LogP contribution in [0.2, 0.25) is 0 Å². The van der Waals surface area contributed by atoms with Crippen LogP contribution >= 0.6 is 23.1 Å². The third-order valence-electron chi connectivity index (χ3n) is 4.03. The molecule has 0 saturated heterocycles. The second-order valence-electron chi connectivity index (χ2n) is 5.60. The fourth-order valence-electron chi connectivity index (χ4n) is 2.82. The third-order valence-corrected chi connectivity index (χ3v) is 6.14. The van der Waals surface area contributed by atoms with E-state index in [0.29, 0.717) is 0 Å². The van der Waals surface area contributed by atoms with Crippen molar-refractivity contribution in [1.82, 2.24) is 14.8 Å². The van der Waals surface area contributed by atoms with Crippen LogP contribution < -0.4 is 0 Å². The number of thiophene rings is 1. The highest BCUT2D eigenvalue weighted by atomic mass is 32.2. The summed E-state index contributed by atoms with van der Waals surface area (Å²) in [5, 5.41) is 22.3. The Morgan fingerprint density at radius 1 is 1.33 bits per heavy atom. The third kappa shape index (κ3) is 3.33. The van der Waals surface area contributed by atoms with Crippen LogP contribution in [-0.2, 0) is 6.54 Å². The fraction of sp³-hybridized carbons (Fsp3) is 0.600. The number of thioether (sulfide) groups is 1. The first-order valence-corrected chi connectivity index (χ1v) is 9.41. The summed E-state index contributed by atoms with van der Waals surface area (Å²) < 4.78 is 2.14. The molecular weight excluding hydrogens is 302 g/mol. The Kier molecular flexibility index (Phi) is 4.66. The largest absolute Gasteiger partial charge is 0.389 e. The van der Waals surface area contributed by atoms with Gasteiger partial charge in [-0.25, -0.2) is 0 Å². The zero-order chi connectivity index (χ0) is 14.7. The Bertz CT molecular complexity index is 574. The molecule has 1 N–H and O–H groups in total. The van der Waals surface area contributed by atoms with Crippen molar-refractivity contribution in [2.75, 3.05) is 5.75 Å². The zero-order valence-electron chi connectivity index (χ0n) is 12.3. The Labute approximate surface area is 133 Å². The van der Waals surface area contributed by atoms with Gasteiger partial charge in [-0.2, -0.15) is 0 Å². The monoisotopic (exact) mass is 323 g/mol. The lowest BCUT2D eigenvalue weighted by Gasteiger charge is -2.31. The molecule has 0 aliphatic heterocycles. The van der Waals surface area contributed by atoms with Crippen molar-refractivity contribution in [3.05, 3.63) is 17.5 Å². The summed E-state index contributed by atoms with van der Waals surface area (Å²) in [4.78, 5) is 1.15. The molecule has 1 saturated carbocycles. The standard InChI is InChI=1S/C15H21N3OS2/c1-2-18-13(12-7-6-10-20-12)16-17-14(18)21-11-15(19)8-4-3-5-9-15/h6-7,10,19H,2-5,8-9,11H2,1H3. The van der Waals surface area contributed by atoms with Gasteiger partial charge in [-0.1, -0.05) is 37.1 Å². The number of rotatable bonds is 5. The maximum absolute atomic E-state index is 10.6. The van der Waals surface area contributed by atoms with E-state index in [1.807, 2.05) is 6.07 Å². The second kappa shape index (κ2) is 6.50. The average molecular weight is 323 g/mol. The summed E-state index contributed by atoms with van der Waals surface area (Å²) >= 11 is 3.32. The Morgan fingerprint density at radius 3 is 2.81 bits per heavy atom.